The quantitative estimate of drug-likeness (QED) is 0.212. The van der Waals surface area contributed by atoms with Gasteiger partial charge in [0.2, 0.25) is 0 Å². The number of hydrogen-bond acceptors (Lipinski definition) is 0. The summed E-state index contributed by atoms with van der Waals surface area (Å²) in [6.45, 7) is 6.11. The fraction of sp³-hybridized carbons (Fsp3) is 0.0811. The maximum absolute atomic E-state index is 15.2. The standard InChI is InChI=1S/C37H27F/c1-24-4-9-28(10-5-24)31-15-14-30-20-27(7-12-33(30)21-31)8-17-36-26(3)19-35(23-37(36)38)34-16-13-29-18-25(2)6-11-32(29)22-34/h4-7,9-16,18-23H,1-3H3. The third-order valence-electron chi connectivity index (χ3n) is 7.17. The van der Waals surface area contributed by atoms with Crippen molar-refractivity contribution in [1.82, 2.24) is 0 Å². The summed E-state index contributed by atoms with van der Waals surface area (Å²) in [5.74, 6) is 5.99. The minimum Gasteiger partial charge on any atom is -0.206 e. The lowest BCUT2D eigenvalue weighted by Crippen LogP contribution is -1.92. The maximum atomic E-state index is 15.2. The van der Waals surface area contributed by atoms with Gasteiger partial charge in [-0.1, -0.05) is 95.8 Å². The third kappa shape index (κ3) is 4.70. The molecule has 0 atom stereocenters. The van der Waals surface area contributed by atoms with Gasteiger partial charge in [0.1, 0.15) is 5.82 Å². The SMILES string of the molecule is Cc1ccc(-c2ccc3cc(C#Cc4c(C)cc(-c5ccc6cc(C)ccc6c5)cc4F)ccc3c2)cc1. The topological polar surface area (TPSA) is 0 Å². The molecule has 0 saturated carbocycles. The Labute approximate surface area is 223 Å². The van der Waals surface area contributed by atoms with Crippen molar-refractivity contribution < 1.29 is 4.39 Å². The van der Waals surface area contributed by atoms with Gasteiger partial charge in [0, 0.05) is 5.56 Å². The number of halogens is 1. The highest BCUT2D eigenvalue weighted by Gasteiger charge is 2.09. The minimum absolute atomic E-state index is 0.292. The Morgan fingerprint density at radius 3 is 1.71 bits per heavy atom. The maximum Gasteiger partial charge on any atom is 0.139 e. The molecule has 38 heavy (non-hydrogen) atoms. The molecule has 0 aromatic heterocycles. The van der Waals surface area contributed by atoms with Gasteiger partial charge in [0.25, 0.3) is 0 Å². The van der Waals surface area contributed by atoms with Crippen molar-refractivity contribution in [1.29, 1.82) is 0 Å². The number of fused-ring (bicyclic) bond motifs is 2. The fourth-order valence-corrected chi connectivity index (χ4v) is 5.00. The molecule has 0 aliphatic rings. The predicted octanol–water partition coefficient (Wildman–Crippen LogP) is 9.79. The van der Waals surface area contributed by atoms with Gasteiger partial charge in [-0.05, 0) is 107 Å². The second-order valence-corrected chi connectivity index (χ2v) is 10.1. The molecule has 182 valence electrons. The minimum atomic E-state index is -0.292. The summed E-state index contributed by atoms with van der Waals surface area (Å²) >= 11 is 0. The molecule has 0 fully saturated rings. The molecular weight excluding hydrogens is 463 g/mol. The molecule has 6 aromatic rings. The van der Waals surface area contributed by atoms with Crippen LogP contribution in [0, 0.1) is 38.4 Å². The van der Waals surface area contributed by atoms with Gasteiger partial charge in [0.15, 0.2) is 0 Å². The van der Waals surface area contributed by atoms with E-state index in [0.29, 0.717) is 5.56 Å². The van der Waals surface area contributed by atoms with Crippen molar-refractivity contribution in [2.24, 2.45) is 0 Å². The van der Waals surface area contributed by atoms with Crippen LogP contribution in [0.5, 0.6) is 0 Å². The van der Waals surface area contributed by atoms with Crippen LogP contribution in [-0.2, 0) is 0 Å². The Balaban J connectivity index is 1.29. The molecule has 0 radical (unpaired) electrons. The van der Waals surface area contributed by atoms with Crippen molar-refractivity contribution in [2.75, 3.05) is 0 Å². The first kappa shape index (κ1) is 23.7. The van der Waals surface area contributed by atoms with Crippen LogP contribution in [0.15, 0.2) is 109 Å². The van der Waals surface area contributed by atoms with Crippen LogP contribution in [0.1, 0.15) is 27.8 Å². The molecule has 0 aliphatic heterocycles. The van der Waals surface area contributed by atoms with Gasteiger partial charge in [-0.25, -0.2) is 4.39 Å². The molecule has 0 aliphatic carbocycles. The van der Waals surface area contributed by atoms with Crippen molar-refractivity contribution in [3.05, 3.63) is 143 Å². The molecule has 0 nitrogen and oxygen atoms in total. The summed E-state index contributed by atoms with van der Waals surface area (Å²) < 4.78 is 15.2. The molecule has 0 amide bonds. The first-order valence-electron chi connectivity index (χ1n) is 12.9. The van der Waals surface area contributed by atoms with Crippen molar-refractivity contribution >= 4 is 21.5 Å². The summed E-state index contributed by atoms with van der Waals surface area (Å²) in [4.78, 5) is 0. The summed E-state index contributed by atoms with van der Waals surface area (Å²) in [6.07, 6.45) is 0. The first-order chi connectivity index (χ1) is 18.4. The molecule has 0 unspecified atom stereocenters. The lowest BCUT2D eigenvalue weighted by Gasteiger charge is -2.09. The lowest BCUT2D eigenvalue weighted by molar-refractivity contribution is 0.623. The van der Waals surface area contributed by atoms with E-state index in [4.69, 9.17) is 0 Å². The monoisotopic (exact) mass is 490 g/mol. The largest absolute Gasteiger partial charge is 0.206 e. The van der Waals surface area contributed by atoms with Gasteiger partial charge >= 0.3 is 0 Å². The van der Waals surface area contributed by atoms with E-state index in [9.17, 15) is 0 Å². The van der Waals surface area contributed by atoms with Crippen molar-refractivity contribution in [2.45, 2.75) is 20.8 Å². The fourth-order valence-electron chi connectivity index (χ4n) is 5.00. The Morgan fingerprint density at radius 2 is 1.00 bits per heavy atom. The second kappa shape index (κ2) is 9.66. The highest BCUT2D eigenvalue weighted by Crippen LogP contribution is 2.29. The molecule has 0 N–H and O–H groups in total. The zero-order valence-corrected chi connectivity index (χ0v) is 21.8. The van der Waals surface area contributed by atoms with Crippen LogP contribution in [0.2, 0.25) is 0 Å². The van der Waals surface area contributed by atoms with Gasteiger partial charge in [-0.2, -0.15) is 0 Å². The number of rotatable bonds is 2. The summed E-state index contributed by atoms with van der Waals surface area (Å²) in [7, 11) is 0. The molecule has 0 heterocycles. The number of hydrogen-bond donors (Lipinski definition) is 0. The highest BCUT2D eigenvalue weighted by molar-refractivity contribution is 5.89. The third-order valence-corrected chi connectivity index (χ3v) is 7.17. The summed E-state index contributed by atoms with van der Waals surface area (Å²) in [5.41, 5.74) is 8.89. The normalized spacial score (nSPS) is 10.9. The summed E-state index contributed by atoms with van der Waals surface area (Å²) in [6, 6.07) is 37.5. The Bertz CT molecular complexity index is 1870. The molecule has 6 rings (SSSR count). The van der Waals surface area contributed by atoms with E-state index in [1.165, 1.54) is 27.6 Å². The number of aryl methyl sites for hydroxylation is 3. The molecule has 6 aromatic carbocycles. The van der Waals surface area contributed by atoms with Crippen LogP contribution in [0.25, 0.3) is 43.8 Å². The molecule has 1 heteroatoms. The Kier molecular flexibility index (Phi) is 6.02. The second-order valence-electron chi connectivity index (χ2n) is 10.1. The Hall–Kier alpha value is -4.67. The van der Waals surface area contributed by atoms with E-state index >= 15 is 4.39 Å². The first-order valence-corrected chi connectivity index (χ1v) is 12.9. The van der Waals surface area contributed by atoms with Crippen LogP contribution in [0.4, 0.5) is 4.39 Å². The molecular formula is C37H27F. The molecule has 0 saturated heterocycles. The predicted molar refractivity (Wildman–Crippen MR) is 159 cm³/mol. The van der Waals surface area contributed by atoms with Gasteiger partial charge in [-0.15, -0.1) is 0 Å². The van der Waals surface area contributed by atoms with E-state index in [-0.39, 0.29) is 5.82 Å². The van der Waals surface area contributed by atoms with Gasteiger partial charge < -0.3 is 0 Å². The van der Waals surface area contributed by atoms with Crippen molar-refractivity contribution in [3.63, 3.8) is 0 Å². The van der Waals surface area contributed by atoms with E-state index in [1.54, 1.807) is 6.07 Å². The van der Waals surface area contributed by atoms with E-state index in [1.807, 2.05) is 19.1 Å². The molecule has 0 bridgehead atoms. The van der Waals surface area contributed by atoms with Crippen LogP contribution < -0.4 is 0 Å². The van der Waals surface area contributed by atoms with Gasteiger partial charge in [-0.3, -0.25) is 0 Å². The summed E-state index contributed by atoms with van der Waals surface area (Å²) in [5, 5.41) is 4.62. The zero-order valence-electron chi connectivity index (χ0n) is 21.8. The van der Waals surface area contributed by atoms with Crippen molar-refractivity contribution in [3.8, 4) is 34.1 Å². The average molecular weight is 491 g/mol. The molecule has 0 spiro atoms. The number of benzene rings is 6. The van der Waals surface area contributed by atoms with Crippen LogP contribution >= 0.6 is 0 Å². The van der Waals surface area contributed by atoms with E-state index in [0.717, 1.165) is 38.4 Å². The van der Waals surface area contributed by atoms with Crippen LogP contribution in [-0.4, -0.2) is 0 Å². The van der Waals surface area contributed by atoms with Gasteiger partial charge in [0.05, 0.1) is 5.56 Å². The van der Waals surface area contributed by atoms with Crippen LogP contribution in [0.3, 0.4) is 0 Å². The van der Waals surface area contributed by atoms with E-state index < -0.39 is 0 Å². The average Bonchev–Trinajstić information content (AvgIpc) is 2.92. The Morgan fingerprint density at radius 1 is 0.447 bits per heavy atom. The lowest BCUT2D eigenvalue weighted by atomic mass is 9.96. The van der Waals surface area contributed by atoms with E-state index in [2.05, 4.69) is 117 Å². The highest BCUT2D eigenvalue weighted by atomic mass is 19.1. The zero-order chi connectivity index (χ0) is 26.2. The smallest absolute Gasteiger partial charge is 0.139 e.